The zero-order valence-electron chi connectivity index (χ0n) is 10.6. The third kappa shape index (κ3) is 3.60. The lowest BCUT2D eigenvalue weighted by molar-refractivity contribution is -0.130. The number of amides is 1. The summed E-state index contributed by atoms with van der Waals surface area (Å²) in [6.07, 6.45) is 1.18. The Morgan fingerprint density at radius 2 is 2.12 bits per heavy atom. The topological polar surface area (TPSA) is 44.1 Å². The fourth-order valence-electron chi connectivity index (χ4n) is 1.61. The molecule has 17 heavy (non-hydrogen) atoms. The van der Waals surface area contributed by atoms with Crippen molar-refractivity contribution in [3.05, 3.63) is 35.4 Å². The fraction of sp³-hybridized carbons (Fsp3) is 0.429. The standard InChI is InChI=1S/C14H18N2O/c1-11-6-4-5-7-13(11)8-9-14(17)16(3)12(2)10-15/h4-7,12H,8-9H2,1-3H3. The third-order valence-corrected chi connectivity index (χ3v) is 3.03. The molecule has 90 valence electrons. The summed E-state index contributed by atoms with van der Waals surface area (Å²) in [6.45, 7) is 3.77. The Morgan fingerprint density at radius 3 is 2.71 bits per heavy atom. The van der Waals surface area contributed by atoms with E-state index in [1.54, 1.807) is 14.0 Å². The fourth-order valence-corrected chi connectivity index (χ4v) is 1.61. The van der Waals surface area contributed by atoms with E-state index in [0.717, 1.165) is 6.42 Å². The molecule has 0 aliphatic rings. The second kappa shape index (κ2) is 6.05. The summed E-state index contributed by atoms with van der Waals surface area (Å²) in [4.78, 5) is 13.3. The van der Waals surface area contributed by atoms with E-state index in [4.69, 9.17) is 5.26 Å². The Balaban J connectivity index is 2.55. The number of nitriles is 1. The Labute approximate surface area is 103 Å². The largest absolute Gasteiger partial charge is 0.330 e. The van der Waals surface area contributed by atoms with Gasteiger partial charge in [-0.05, 0) is 31.4 Å². The highest BCUT2D eigenvalue weighted by Gasteiger charge is 2.14. The van der Waals surface area contributed by atoms with Crippen LogP contribution in [0.2, 0.25) is 0 Å². The molecule has 1 amide bonds. The van der Waals surface area contributed by atoms with Crippen molar-refractivity contribution >= 4 is 5.91 Å². The molecule has 0 saturated carbocycles. The average molecular weight is 230 g/mol. The molecular weight excluding hydrogens is 212 g/mol. The molecule has 1 rings (SSSR count). The first-order valence-corrected chi connectivity index (χ1v) is 5.76. The third-order valence-electron chi connectivity index (χ3n) is 3.03. The molecule has 0 aliphatic heterocycles. The summed E-state index contributed by atoms with van der Waals surface area (Å²) >= 11 is 0. The SMILES string of the molecule is Cc1ccccc1CCC(=O)N(C)C(C)C#N. The van der Waals surface area contributed by atoms with Crippen LogP contribution in [0, 0.1) is 18.3 Å². The van der Waals surface area contributed by atoms with Gasteiger partial charge in [0.05, 0.1) is 6.07 Å². The van der Waals surface area contributed by atoms with Crippen LogP contribution in [0.4, 0.5) is 0 Å². The molecule has 3 nitrogen and oxygen atoms in total. The molecule has 0 fully saturated rings. The highest BCUT2D eigenvalue weighted by Crippen LogP contribution is 2.10. The van der Waals surface area contributed by atoms with Crippen molar-refractivity contribution in [3.8, 4) is 6.07 Å². The molecule has 1 unspecified atom stereocenters. The molecule has 0 saturated heterocycles. The Hall–Kier alpha value is -1.82. The first-order chi connectivity index (χ1) is 8.06. The van der Waals surface area contributed by atoms with Crippen molar-refractivity contribution in [2.24, 2.45) is 0 Å². The van der Waals surface area contributed by atoms with E-state index < -0.39 is 0 Å². The van der Waals surface area contributed by atoms with Gasteiger partial charge in [-0.2, -0.15) is 5.26 Å². The normalized spacial score (nSPS) is 11.6. The van der Waals surface area contributed by atoms with Gasteiger partial charge in [-0.15, -0.1) is 0 Å². The summed E-state index contributed by atoms with van der Waals surface area (Å²) in [5, 5.41) is 8.74. The molecule has 0 aliphatic carbocycles. The molecule has 3 heteroatoms. The van der Waals surface area contributed by atoms with E-state index >= 15 is 0 Å². The van der Waals surface area contributed by atoms with Gasteiger partial charge in [-0.25, -0.2) is 0 Å². The minimum absolute atomic E-state index is 0.0160. The molecule has 0 N–H and O–H groups in total. The second-order valence-corrected chi connectivity index (χ2v) is 4.24. The Bertz CT molecular complexity index is 434. The number of carbonyl (C=O) groups excluding carboxylic acids is 1. The highest BCUT2D eigenvalue weighted by atomic mass is 16.2. The van der Waals surface area contributed by atoms with Crippen LogP contribution in [0.5, 0.6) is 0 Å². The van der Waals surface area contributed by atoms with E-state index in [0.29, 0.717) is 6.42 Å². The lowest BCUT2D eigenvalue weighted by Gasteiger charge is -2.19. The van der Waals surface area contributed by atoms with Gasteiger partial charge in [-0.3, -0.25) is 4.79 Å². The minimum atomic E-state index is -0.362. The van der Waals surface area contributed by atoms with Gasteiger partial charge in [-0.1, -0.05) is 24.3 Å². The molecule has 1 aromatic carbocycles. The summed E-state index contributed by atoms with van der Waals surface area (Å²) in [5.41, 5.74) is 2.40. The molecule has 0 radical (unpaired) electrons. The summed E-state index contributed by atoms with van der Waals surface area (Å²) in [6, 6.07) is 9.75. The van der Waals surface area contributed by atoms with Crippen molar-refractivity contribution in [1.29, 1.82) is 5.26 Å². The number of hydrogen-bond donors (Lipinski definition) is 0. The van der Waals surface area contributed by atoms with Crippen LogP contribution < -0.4 is 0 Å². The van der Waals surface area contributed by atoms with Crippen LogP contribution in [0.3, 0.4) is 0 Å². The van der Waals surface area contributed by atoms with E-state index in [2.05, 4.69) is 6.07 Å². The van der Waals surface area contributed by atoms with Crippen molar-refractivity contribution < 1.29 is 4.79 Å². The average Bonchev–Trinajstić information content (AvgIpc) is 2.35. The van der Waals surface area contributed by atoms with Gasteiger partial charge in [0.25, 0.3) is 0 Å². The van der Waals surface area contributed by atoms with Crippen LogP contribution in [0.25, 0.3) is 0 Å². The van der Waals surface area contributed by atoms with Crippen LogP contribution in [0.1, 0.15) is 24.5 Å². The number of rotatable bonds is 4. The first-order valence-electron chi connectivity index (χ1n) is 5.76. The lowest BCUT2D eigenvalue weighted by atomic mass is 10.0. The smallest absolute Gasteiger partial charge is 0.223 e. The molecule has 0 aromatic heterocycles. The van der Waals surface area contributed by atoms with Crippen molar-refractivity contribution in [1.82, 2.24) is 4.90 Å². The molecule has 0 bridgehead atoms. The molecule has 0 heterocycles. The van der Waals surface area contributed by atoms with E-state index in [-0.39, 0.29) is 11.9 Å². The van der Waals surface area contributed by atoms with Crippen LogP contribution >= 0.6 is 0 Å². The van der Waals surface area contributed by atoms with Crippen molar-refractivity contribution in [2.45, 2.75) is 32.7 Å². The van der Waals surface area contributed by atoms with Gasteiger partial charge in [0.15, 0.2) is 0 Å². The summed E-state index contributed by atoms with van der Waals surface area (Å²) in [5.74, 6) is 0.0160. The number of nitrogens with zero attached hydrogens (tertiary/aromatic N) is 2. The van der Waals surface area contributed by atoms with Gasteiger partial charge in [0.1, 0.15) is 6.04 Å². The zero-order valence-corrected chi connectivity index (χ0v) is 10.6. The number of aryl methyl sites for hydroxylation is 2. The molecular formula is C14H18N2O. The monoisotopic (exact) mass is 230 g/mol. The zero-order chi connectivity index (χ0) is 12.8. The molecule has 0 spiro atoms. The number of benzene rings is 1. The van der Waals surface area contributed by atoms with Gasteiger partial charge in [0.2, 0.25) is 5.91 Å². The van der Waals surface area contributed by atoms with Crippen molar-refractivity contribution in [3.63, 3.8) is 0 Å². The predicted octanol–water partition coefficient (Wildman–Crippen LogP) is 2.30. The summed E-state index contributed by atoms with van der Waals surface area (Å²) in [7, 11) is 1.67. The maximum absolute atomic E-state index is 11.8. The lowest BCUT2D eigenvalue weighted by Crippen LogP contribution is -2.34. The minimum Gasteiger partial charge on any atom is -0.330 e. The van der Waals surface area contributed by atoms with E-state index in [1.165, 1.54) is 16.0 Å². The molecule has 1 aromatic rings. The maximum Gasteiger partial charge on any atom is 0.223 e. The number of hydrogen-bond acceptors (Lipinski definition) is 2. The van der Waals surface area contributed by atoms with Gasteiger partial charge >= 0.3 is 0 Å². The van der Waals surface area contributed by atoms with Crippen molar-refractivity contribution in [2.75, 3.05) is 7.05 Å². The second-order valence-electron chi connectivity index (χ2n) is 4.24. The maximum atomic E-state index is 11.8. The molecule has 1 atom stereocenters. The predicted molar refractivity (Wildman–Crippen MR) is 67.3 cm³/mol. The van der Waals surface area contributed by atoms with Crippen LogP contribution in [-0.2, 0) is 11.2 Å². The van der Waals surface area contributed by atoms with Crippen LogP contribution in [0.15, 0.2) is 24.3 Å². The van der Waals surface area contributed by atoms with Gasteiger partial charge in [0, 0.05) is 13.5 Å². The summed E-state index contributed by atoms with van der Waals surface area (Å²) < 4.78 is 0. The first kappa shape index (κ1) is 13.2. The highest BCUT2D eigenvalue weighted by molar-refractivity contribution is 5.76. The van der Waals surface area contributed by atoms with Gasteiger partial charge < -0.3 is 4.90 Å². The van der Waals surface area contributed by atoms with E-state index in [9.17, 15) is 4.79 Å². The van der Waals surface area contributed by atoms with E-state index in [1.807, 2.05) is 31.2 Å². The van der Waals surface area contributed by atoms with Crippen LogP contribution in [-0.4, -0.2) is 23.9 Å². The quantitative estimate of drug-likeness (QED) is 0.796. The Kier molecular flexibility index (Phi) is 4.71. The number of carbonyl (C=O) groups is 1. The Morgan fingerprint density at radius 1 is 1.47 bits per heavy atom.